The first-order chi connectivity index (χ1) is 8.78. The second-order valence-electron chi connectivity index (χ2n) is 4.26. The Balaban J connectivity index is 1.99. The highest BCUT2D eigenvalue weighted by Gasteiger charge is 2.14. The first kappa shape index (κ1) is 13.4. The van der Waals surface area contributed by atoms with E-state index in [1.807, 2.05) is 18.7 Å². The fourth-order valence-electron chi connectivity index (χ4n) is 1.90. The van der Waals surface area contributed by atoms with Gasteiger partial charge in [0.2, 0.25) is 0 Å². The summed E-state index contributed by atoms with van der Waals surface area (Å²) in [4.78, 5) is 8.59. The molecule has 0 unspecified atom stereocenters. The summed E-state index contributed by atoms with van der Waals surface area (Å²) in [7, 11) is 0. The average Bonchev–Trinajstić information content (AvgIpc) is 2.37. The molecule has 18 heavy (non-hydrogen) atoms. The van der Waals surface area contributed by atoms with Crippen LogP contribution in [-0.4, -0.2) is 34.1 Å². The predicted molar refractivity (Wildman–Crippen MR) is 75.7 cm³/mol. The van der Waals surface area contributed by atoms with Gasteiger partial charge in [-0.2, -0.15) is 11.8 Å². The molecule has 0 radical (unpaired) electrons. The maximum atomic E-state index is 5.79. The van der Waals surface area contributed by atoms with E-state index in [1.54, 1.807) is 6.07 Å². The Morgan fingerprint density at radius 1 is 1.44 bits per heavy atom. The number of anilines is 2. The highest BCUT2D eigenvalue weighted by molar-refractivity contribution is 7.99. The number of aromatic nitrogens is 2. The predicted octanol–water partition coefficient (Wildman–Crippen LogP) is 1.90. The molecular weight excluding hydrogens is 248 g/mol. The number of nitrogens with two attached hydrogens (primary N) is 1. The van der Waals surface area contributed by atoms with Gasteiger partial charge in [0, 0.05) is 18.7 Å². The Morgan fingerprint density at radius 2 is 2.22 bits per heavy atom. The lowest BCUT2D eigenvalue weighted by molar-refractivity contribution is 0.128. The van der Waals surface area contributed by atoms with E-state index in [0.29, 0.717) is 30.9 Å². The minimum atomic E-state index is 0.413. The third-order valence-corrected chi connectivity index (χ3v) is 3.85. The van der Waals surface area contributed by atoms with Crippen LogP contribution < -0.4 is 11.1 Å². The molecule has 2 rings (SSSR count). The van der Waals surface area contributed by atoms with Crippen molar-refractivity contribution in [3.8, 4) is 0 Å². The maximum absolute atomic E-state index is 5.79. The molecule has 0 saturated carbocycles. The number of nitrogens with zero attached hydrogens (tertiary/aromatic N) is 2. The quantitative estimate of drug-likeness (QED) is 0.849. The second-order valence-corrected chi connectivity index (χ2v) is 5.49. The first-order valence-corrected chi connectivity index (χ1v) is 7.49. The molecule has 0 aromatic carbocycles. The number of hydrogen-bond acceptors (Lipinski definition) is 6. The largest absolute Gasteiger partial charge is 0.384 e. The second kappa shape index (κ2) is 6.80. The van der Waals surface area contributed by atoms with E-state index < -0.39 is 0 Å². The van der Waals surface area contributed by atoms with Gasteiger partial charge in [0.05, 0.1) is 0 Å². The van der Waals surface area contributed by atoms with Crippen LogP contribution in [0.3, 0.4) is 0 Å². The van der Waals surface area contributed by atoms with Gasteiger partial charge in [-0.3, -0.25) is 0 Å². The monoisotopic (exact) mass is 268 g/mol. The molecule has 1 saturated heterocycles. The van der Waals surface area contributed by atoms with E-state index in [-0.39, 0.29) is 0 Å². The van der Waals surface area contributed by atoms with Crippen LogP contribution in [0, 0.1) is 0 Å². The van der Waals surface area contributed by atoms with Crippen molar-refractivity contribution in [3.05, 3.63) is 11.9 Å². The topological polar surface area (TPSA) is 73.1 Å². The fraction of sp³-hybridized carbons (Fsp3) is 0.667. The third-order valence-electron chi connectivity index (χ3n) is 2.80. The molecule has 0 aliphatic carbocycles. The molecule has 1 aromatic rings. The molecular formula is C12H20N4OS. The van der Waals surface area contributed by atoms with Crippen molar-refractivity contribution < 1.29 is 4.74 Å². The zero-order valence-electron chi connectivity index (χ0n) is 10.7. The highest BCUT2D eigenvalue weighted by atomic mass is 32.2. The Bertz CT molecular complexity index is 382. The zero-order valence-corrected chi connectivity index (χ0v) is 11.5. The van der Waals surface area contributed by atoms with Crippen LogP contribution >= 0.6 is 11.8 Å². The summed E-state index contributed by atoms with van der Waals surface area (Å²) in [6.45, 7) is 3.02. The maximum Gasteiger partial charge on any atom is 0.158 e. The van der Waals surface area contributed by atoms with Crippen molar-refractivity contribution in [2.45, 2.75) is 32.4 Å². The minimum Gasteiger partial charge on any atom is -0.384 e. The van der Waals surface area contributed by atoms with E-state index in [0.717, 1.165) is 5.82 Å². The summed E-state index contributed by atoms with van der Waals surface area (Å²) in [5.74, 6) is 4.37. The summed E-state index contributed by atoms with van der Waals surface area (Å²) in [5, 5.41) is 3.44. The van der Waals surface area contributed by atoms with E-state index in [9.17, 15) is 0 Å². The highest BCUT2D eigenvalue weighted by Crippen LogP contribution is 2.20. The van der Waals surface area contributed by atoms with Crippen LogP contribution in [0.5, 0.6) is 0 Å². The fourth-order valence-corrected chi connectivity index (χ4v) is 3.01. The van der Waals surface area contributed by atoms with Gasteiger partial charge in [-0.05, 0) is 31.3 Å². The summed E-state index contributed by atoms with van der Waals surface area (Å²) >= 11 is 2.01. The summed E-state index contributed by atoms with van der Waals surface area (Å²) in [6.07, 6.45) is 2.35. The van der Waals surface area contributed by atoms with E-state index >= 15 is 0 Å². The molecule has 1 aliphatic heterocycles. The molecule has 1 aliphatic rings. The molecule has 1 fully saturated rings. The van der Waals surface area contributed by atoms with Crippen molar-refractivity contribution >= 4 is 23.4 Å². The SMILES string of the molecule is CCOCc1nc(N)cc(NC2CCSCC2)n1. The van der Waals surface area contributed by atoms with Crippen molar-refractivity contribution in [1.29, 1.82) is 0 Å². The lowest BCUT2D eigenvalue weighted by Crippen LogP contribution is -2.25. The summed E-state index contributed by atoms with van der Waals surface area (Å²) in [5.41, 5.74) is 5.79. The molecule has 100 valence electrons. The molecule has 5 nitrogen and oxygen atoms in total. The lowest BCUT2D eigenvalue weighted by atomic mass is 10.1. The first-order valence-electron chi connectivity index (χ1n) is 6.33. The van der Waals surface area contributed by atoms with Gasteiger partial charge >= 0.3 is 0 Å². The Hall–Kier alpha value is -1.01. The van der Waals surface area contributed by atoms with Gasteiger partial charge in [0.1, 0.15) is 18.2 Å². The molecule has 0 bridgehead atoms. The van der Waals surface area contributed by atoms with Gasteiger partial charge in [-0.1, -0.05) is 0 Å². The van der Waals surface area contributed by atoms with E-state index in [2.05, 4.69) is 15.3 Å². The summed E-state index contributed by atoms with van der Waals surface area (Å²) in [6, 6.07) is 2.29. The van der Waals surface area contributed by atoms with Crippen molar-refractivity contribution in [2.75, 3.05) is 29.2 Å². The zero-order chi connectivity index (χ0) is 12.8. The minimum absolute atomic E-state index is 0.413. The van der Waals surface area contributed by atoms with Gasteiger partial charge in [-0.15, -0.1) is 0 Å². The lowest BCUT2D eigenvalue weighted by Gasteiger charge is -2.23. The van der Waals surface area contributed by atoms with Crippen molar-refractivity contribution in [2.24, 2.45) is 0 Å². The van der Waals surface area contributed by atoms with E-state index in [4.69, 9.17) is 10.5 Å². The number of nitrogens with one attached hydrogen (secondary N) is 1. The Morgan fingerprint density at radius 3 is 2.94 bits per heavy atom. The van der Waals surface area contributed by atoms with Crippen LogP contribution in [0.4, 0.5) is 11.6 Å². The average molecular weight is 268 g/mol. The Labute approximate surface area is 112 Å². The van der Waals surface area contributed by atoms with Gasteiger partial charge in [0.25, 0.3) is 0 Å². The van der Waals surface area contributed by atoms with E-state index in [1.165, 1.54) is 24.3 Å². The molecule has 0 atom stereocenters. The molecule has 1 aromatic heterocycles. The molecule has 3 N–H and O–H groups in total. The van der Waals surface area contributed by atoms with Gasteiger partial charge in [-0.25, -0.2) is 9.97 Å². The normalized spacial score (nSPS) is 16.7. The van der Waals surface area contributed by atoms with Crippen LogP contribution in [-0.2, 0) is 11.3 Å². The number of hydrogen-bond donors (Lipinski definition) is 2. The standard InChI is InChI=1S/C12H20N4OS/c1-2-17-8-12-15-10(13)7-11(16-12)14-9-3-5-18-6-4-9/h7,9H,2-6,8H2,1H3,(H3,13,14,15,16). The number of rotatable bonds is 5. The number of ether oxygens (including phenoxy) is 1. The van der Waals surface area contributed by atoms with Crippen LogP contribution in [0.15, 0.2) is 6.07 Å². The number of nitrogen functional groups attached to an aromatic ring is 1. The van der Waals surface area contributed by atoms with Gasteiger partial charge < -0.3 is 15.8 Å². The third kappa shape index (κ3) is 4.03. The van der Waals surface area contributed by atoms with Crippen molar-refractivity contribution in [3.63, 3.8) is 0 Å². The molecule has 0 amide bonds. The van der Waals surface area contributed by atoms with Crippen LogP contribution in [0.1, 0.15) is 25.6 Å². The smallest absolute Gasteiger partial charge is 0.158 e. The Kier molecular flexibility index (Phi) is 5.07. The van der Waals surface area contributed by atoms with Crippen LogP contribution in [0.25, 0.3) is 0 Å². The molecule has 0 spiro atoms. The van der Waals surface area contributed by atoms with Crippen molar-refractivity contribution in [1.82, 2.24) is 9.97 Å². The number of thioether (sulfide) groups is 1. The molecule has 6 heteroatoms. The van der Waals surface area contributed by atoms with Crippen LogP contribution in [0.2, 0.25) is 0 Å². The summed E-state index contributed by atoms with van der Waals surface area (Å²) < 4.78 is 5.31. The van der Waals surface area contributed by atoms with Gasteiger partial charge in [0.15, 0.2) is 5.82 Å². The molecule has 2 heterocycles.